The molecule has 5 heteroatoms. The number of carbonyl (C=O) groups excluding carboxylic acids is 1. The van der Waals surface area contributed by atoms with Crippen LogP contribution in [0.2, 0.25) is 0 Å². The molecule has 0 bridgehead atoms. The first-order chi connectivity index (χ1) is 10.3. The first kappa shape index (κ1) is 14.4. The number of anilines is 1. The van der Waals surface area contributed by atoms with E-state index in [-0.39, 0.29) is 12.0 Å². The van der Waals surface area contributed by atoms with E-state index in [2.05, 4.69) is 15.3 Å². The second-order valence-electron chi connectivity index (χ2n) is 5.97. The Morgan fingerprint density at radius 3 is 2.67 bits per heavy atom. The van der Waals surface area contributed by atoms with Gasteiger partial charge in [0, 0.05) is 24.9 Å². The summed E-state index contributed by atoms with van der Waals surface area (Å²) in [6.45, 7) is 2.50. The Labute approximate surface area is 125 Å². The topological polar surface area (TPSA) is 64.1 Å². The minimum Gasteiger partial charge on any atom is -0.368 e. The molecule has 0 radical (unpaired) electrons. The highest BCUT2D eigenvalue weighted by molar-refractivity contribution is 5.94. The Morgan fingerprint density at radius 1 is 1.29 bits per heavy atom. The Bertz CT molecular complexity index is 496. The van der Waals surface area contributed by atoms with E-state index >= 15 is 0 Å². The van der Waals surface area contributed by atoms with Crippen molar-refractivity contribution >= 4 is 11.7 Å². The predicted octanol–water partition coefficient (Wildman–Crippen LogP) is 2.89. The summed E-state index contributed by atoms with van der Waals surface area (Å²) in [6.07, 6.45) is 9.79. The van der Waals surface area contributed by atoms with Crippen molar-refractivity contribution in [1.82, 2.24) is 9.97 Å². The van der Waals surface area contributed by atoms with E-state index in [0.29, 0.717) is 24.3 Å². The molecule has 0 aromatic carbocycles. The van der Waals surface area contributed by atoms with Crippen LogP contribution in [0.5, 0.6) is 0 Å². The smallest absolute Gasteiger partial charge is 0.254 e. The Balaban J connectivity index is 1.71. The van der Waals surface area contributed by atoms with Crippen LogP contribution >= 0.6 is 0 Å². The summed E-state index contributed by atoms with van der Waals surface area (Å²) in [5, 5.41) is 2.96. The van der Waals surface area contributed by atoms with Crippen LogP contribution < -0.4 is 5.32 Å². The van der Waals surface area contributed by atoms with E-state index in [1.165, 1.54) is 12.8 Å². The highest BCUT2D eigenvalue weighted by Gasteiger charge is 2.33. The van der Waals surface area contributed by atoms with Gasteiger partial charge in [-0.2, -0.15) is 0 Å². The molecule has 0 unspecified atom stereocenters. The minimum absolute atomic E-state index is 0.0637. The van der Waals surface area contributed by atoms with Crippen LogP contribution in [-0.2, 0) is 9.53 Å². The molecule has 2 aliphatic rings. The molecule has 1 heterocycles. The number of nitrogens with one attached hydrogen (secondary N) is 1. The number of rotatable bonds is 6. The lowest BCUT2D eigenvalue weighted by molar-refractivity contribution is -0.130. The highest BCUT2D eigenvalue weighted by atomic mass is 16.5. The van der Waals surface area contributed by atoms with Crippen molar-refractivity contribution in [3.05, 3.63) is 18.1 Å². The molecule has 0 saturated heterocycles. The van der Waals surface area contributed by atoms with Gasteiger partial charge in [-0.3, -0.25) is 9.78 Å². The lowest BCUT2D eigenvalue weighted by Gasteiger charge is -2.22. The van der Waals surface area contributed by atoms with Crippen LogP contribution in [0.1, 0.15) is 57.1 Å². The SMILES string of the molecule is CCO[C@H](C(=O)Nc1nccnc1C1CC1)C1CCCC1. The van der Waals surface area contributed by atoms with Crippen LogP contribution in [-0.4, -0.2) is 28.6 Å². The maximum absolute atomic E-state index is 12.6. The third-order valence-electron chi connectivity index (χ3n) is 4.36. The highest BCUT2D eigenvalue weighted by Crippen LogP contribution is 2.41. The van der Waals surface area contributed by atoms with E-state index in [1.807, 2.05) is 6.92 Å². The fourth-order valence-electron chi connectivity index (χ4n) is 3.15. The summed E-state index contributed by atoms with van der Waals surface area (Å²) in [4.78, 5) is 21.3. The summed E-state index contributed by atoms with van der Waals surface area (Å²) in [5.41, 5.74) is 0.924. The molecule has 0 aliphatic heterocycles. The second kappa shape index (κ2) is 6.52. The summed E-state index contributed by atoms with van der Waals surface area (Å²) < 4.78 is 5.72. The molecule has 1 aromatic heterocycles. The van der Waals surface area contributed by atoms with Crippen molar-refractivity contribution in [3.63, 3.8) is 0 Å². The molecule has 3 rings (SSSR count). The number of amides is 1. The van der Waals surface area contributed by atoms with Crippen LogP contribution in [0.4, 0.5) is 5.82 Å². The van der Waals surface area contributed by atoms with Gasteiger partial charge in [-0.15, -0.1) is 0 Å². The zero-order chi connectivity index (χ0) is 14.7. The van der Waals surface area contributed by atoms with Gasteiger partial charge in [0.05, 0.1) is 5.69 Å². The third-order valence-corrected chi connectivity index (χ3v) is 4.36. The molecule has 1 aromatic rings. The van der Waals surface area contributed by atoms with Gasteiger partial charge >= 0.3 is 0 Å². The van der Waals surface area contributed by atoms with E-state index in [4.69, 9.17) is 4.74 Å². The first-order valence-corrected chi connectivity index (χ1v) is 8.03. The maximum atomic E-state index is 12.6. The lowest BCUT2D eigenvalue weighted by atomic mass is 10.00. The van der Waals surface area contributed by atoms with E-state index in [0.717, 1.165) is 31.4 Å². The van der Waals surface area contributed by atoms with Gasteiger partial charge in [0.1, 0.15) is 6.10 Å². The second-order valence-corrected chi connectivity index (χ2v) is 5.97. The van der Waals surface area contributed by atoms with E-state index in [1.54, 1.807) is 12.4 Å². The zero-order valence-electron chi connectivity index (χ0n) is 12.5. The third kappa shape index (κ3) is 3.40. The summed E-state index contributed by atoms with van der Waals surface area (Å²) in [5.74, 6) is 1.36. The fourth-order valence-corrected chi connectivity index (χ4v) is 3.15. The van der Waals surface area contributed by atoms with Gasteiger partial charge in [-0.05, 0) is 38.5 Å². The molecule has 1 atom stereocenters. The predicted molar refractivity (Wildman–Crippen MR) is 80.0 cm³/mol. The van der Waals surface area contributed by atoms with Crippen molar-refractivity contribution < 1.29 is 9.53 Å². The summed E-state index contributed by atoms with van der Waals surface area (Å²) in [7, 11) is 0. The fraction of sp³-hybridized carbons (Fsp3) is 0.688. The normalized spacial score (nSPS) is 20.4. The molecule has 1 amide bonds. The molecule has 114 valence electrons. The monoisotopic (exact) mass is 289 g/mol. The largest absolute Gasteiger partial charge is 0.368 e. The molecule has 2 saturated carbocycles. The van der Waals surface area contributed by atoms with Crippen LogP contribution in [0, 0.1) is 5.92 Å². The number of carbonyl (C=O) groups is 1. The summed E-state index contributed by atoms with van der Waals surface area (Å²) in [6, 6.07) is 0. The minimum atomic E-state index is -0.355. The van der Waals surface area contributed by atoms with Crippen molar-refractivity contribution in [2.45, 2.75) is 57.5 Å². The first-order valence-electron chi connectivity index (χ1n) is 8.03. The molecule has 5 nitrogen and oxygen atoms in total. The van der Waals surface area contributed by atoms with Gasteiger partial charge in [-0.25, -0.2) is 4.98 Å². The zero-order valence-corrected chi connectivity index (χ0v) is 12.5. The molecule has 0 spiro atoms. The average molecular weight is 289 g/mol. The Hall–Kier alpha value is -1.49. The van der Waals surface area contributed by atoms with Crippen molar-refractivity contribution in [2.24, 2.45) is 5.92 Å². The number of ether oxygens (including phenoxy) is 1. The maximum Gasteiger partial charge on any atom is 0.254 e. The van der Waals surface area contributed by atoms with Crippen molar-refractivity contribution in [1.29, 1.82) is 0 Å². The molecule has 21 heavy (non-hydrogen) atoms. The van der Waals surface area contributed by atoms with Gasteiger partial charge in [-0.1, -0.05) is 12.8 Å². The van der Waals surface area contributed by atoms with E-state index < -0.39 is 0 Å². The van der Waals surface area contributed by atoms with Gasteiger partial charge in [0.2, 0.25) is 0 Å². The number of nitrogens with zero attached hydrogens (tertiary/aromatic N) is 2. The molecule has 2 fully saturated rings. The standard InChI is InChI=1S/C16H23N3O2/c1-2-21-14(12-5-3-4-6-12)16(20)19-15-13(11-7-8-11)17-9-10-18-15/h9-12,14H,2-8H2,1H3,(H,18,19,20)/t14-/m0/s1. The van der Waals surface area contributed by atoms with E-state index in [9.17, 15) is 4.79 Å². The Morgan fingerprint density at radius 2 is 2.00 bits per heavy atom. The van der Waals surface area contributed by atoms with Gasteiger partial charge in [0.25, 0.3) is 5.91 Å². The molecule has 1 N–H and O–H groups in total. The number of hydrogen-bond donors (Lipinski definition) is 1. The van der Waals surface area contributed by atoms with Gasteiger partial charge in [0.15, 0.2) is 5.82 Å². The average Bonchev–Trinajstić information content (AvgIpc) is 3.20. The molecule has 2 aliphatic carbocycles. The number of aromatic nitrogens is 2. The van der Waals surface area contributed by atoms with Crippen LogP contribution in [0.3, 0.4) is 0 Å². The van der Waals surface area contributed by atoms with Gasteiger partial charge < -0.3 is 10.1 Å². The number of hydrogen-bond acceptors (Lipinski definition) is 4. The summed E-state index contributed by atoms with van der Waals surface area (Å²) >= 11 is 0. The lowest BCUT2D eigenvalue weighted by Crippen LogP contribution is -2.36. The molecular formula is C16H23N3O2. The quantitative estimate of drug-likeness (QED) is 0.874. The van der Waals surface area contributed by atoms with Crippen LogP contribution in [0.15, 0.2) is 12.4 Å². The molecular weight excluding hydrogens is 266 g/mol. The van der Waals surface area contributed by atoms with Crippen LogP contribution in [0.25, 0.3) is 0 Å². The Kier molecular flexibility index (Phi) is 4.48. The van der Waals surface area contributed by atoms with Crippen molar-refractivity contribution in [3.8, 4) is 0 Å². The van der Waals surface area contributed by atoms with Crippen molar-refractivity contribution in [2.75, 3.05) is 11.9 Å².